The molecule has 0 amide bonds. The number of rotatable bonds is 0. The van der Waals surface area contributed by atoms with E-state index in [1.54, 1.807) is 24.5 Å². The minimum atomic E-state index is -0.247. The highest BCUT2D eigenvalue weighted by Crippen LogP contribution is 2.07. The largest absolute Gasteiger partial charge is 0.320 e. The molecule has 0 radical (unpaired) electrons. The van der Waals surface area contributed by atoms with E-state index in [1.165, 1.54) is 0 Å². The van der Waals surface area contributed by atoms with Crippen molar-refractivity contribution >= 4 is 10.9 Å². The number of H-pyrrole nitrogens is 1. The molecule has 0 aliphatic heterocycles. The van der Waals surface area contributed by atoms with Crippen LogP contribution >= 0.6 is 0 Å². The SMILES string of the molecule is C#Cc1cc2ccncc2[nH]c1=O. The van der Waals surface area contributed by atoms with E-state index in [4.69, 9.17) is 6.42 Å². The highest BCUT2D eigenvalue weighted by Gasteiger charge is 1.98. The molecule has 1 N–H and O–H groups in total. The van der Waals surface area contributed by atoms with Gasteiger partial charge in [0, 0.05) is 11.6 Å². The van der Waals surface area contributed by atoms with Gasteiger partial charge < -0.3 is 4.98 Å². The van der Waals surface area contributed by atoms with E-state index in [2.05, 4.69) is 15.9 Å². The summed E-state index contributed by atoms with van der Waals surface area (Å²) >= 11 is 0. The Balaban J connectivity index is 2.91. The topological polar surface area (TPSA) is 45.8 Å². The molecule has 2 aromatic rings. The monoisotopic (exact) mass is 170 g/mol. The van der Waals surface area contributed by atoms with Crippen molar-refractivity contribution in [3.63, 3.8) is 0 Å². The van der Waals surface area contributed by atoms with Gasteiger partial charge in [0.2, 0.25) is 0 Å². The lowest BCUT2D eigenvalue weighted by Crippen LogP contribution is -2.09. The summed E-state index contributed by atoms with van der Waals surface area (Å²) in [7, 11) is 0. The van der Waals surface area contributed by atoms with E-state index in [0.29, 0.717) is 11.1 Å². The number of nitrogens with zero attached hydrogens (tertiary/aromatic N) is 1. The summed E-state index contributed by atoms with van der Waals surface area (Å²) in [6, 6.07) is 3.47. The molecule has 0 aromatic carbocycles. The predicted molar refractivity (Wildman–Crippen MR) is 50.3 cm³/mol. The van der Waals surface area contributed by atoms with E-state index in [-0.39, 0.29) is 5.56 Å². The standard InChI is InChI=1S/C10H6N2O/c1-2-7-5-8-3-4-11-6-9(8)12-10(7)13/h1,3-6H,(H,12,13). The highest BCUT2D eigenvalue weighted by molar-refractivity contribution is 5.78. The number of terminal acetylenes is 1. The van der Waals surface area contributed by atoms with Gasteiger partial charge in [0.05, 0.1) is 17.3 Å². The molecule has 0 saturated carbocycles. The zero-order chi connectivity index (χ0) is 9.26. The fourth-order valence-electron chi connectivity index (χ4n) is 1.15. The number of hydrogen-bond acceptors (Lipinski definition) is 2. The molecule has 0 saturated heterocycles. The van der Waals surface area contributed by atoms with E-state index < -0.39 is 0 Å². The Morgan fingerprint density at radius 1 is 1.54 bits per heavy atom. The van der Waals surface area contributed by atoms with Crippen LogP contribution in [0.4, 0.5) is 0 Å². The summed E-state index contributed by atoms with van der Waals surface area (Å²) in [5.74, 6) is 2.32. The van der Waals surface area contributed by atoms with Gasteiger partial charge in [-0.2, -0.15) is 0 Å². The van der Waals surface area contributed by atoms with Gasteiger partial charge in [0.25, 0.3) is 5.56 Å². The van der Waals surface area contributed by atoms with Crippen molar-refractivity contribution in [3.05, 3.63) is 40.4 Å². The molecular formula is C10H6N2O. The molecule has 0 bridgehead atoms. The van der Waals surface area contributed by atoms with E-state index in [9.17, 15) is 4.79 Å². The second-order valence-electron chi connectivity index (χ2n) is 2.62. The third-order valence-electron chi connectivity index (χ3n) is 1.80. The first-order valence-corrected chi connectivity index (χ1v) is 3.75. The van der Waals surface area contributed by atoms with Crippen molar-refractivity contribution in [2.75, 3.05) is 0 Å². The maximum Gasteiger partial charge on any atom is 0.264 e. The number of hydrogen-bond donors (Lipinski definition) is 1. The second-order valence-corrected chi connectivity index (χ2v) is 2.62. The zero-order valence-corrected chi connectivity index (χ0v) is 6.74. The van der Waals surface area contributed by atoms with Crippen LogP contribution < -0.4 is 5.56 Å². The normalized spacial score (nSPS) is 9.77. The molecule has 0 unspecified atom stereocenters. The Kier molecular flexibility index (Phi) is 1.60. The molecule has 62 valence electrons. The average Bonchev–Trinajstić information content (AvgIpc) is 2.17. The first kappa shape index (κ1) is 7.56. The van der Waals surface area contributed by atoms with Gasteiger partial charge in [0.1, 0.15) is 0 Å². The molecule has 0 spiro atoms. The van der Waals surface area contributed by atoms with Crippen molar-refractivity contribution in [2.24, 2.45) is 0 Å². The molecule has 2 heterocycles. The lowest BCUT2D eigenvalue weighted by atomic mass is 10.2. The molecular weight excluding hydrogens is 164 g/mol. The summed E-state index contributed by atoms with van der Waals surface area (Å²) < 4.78 is 0. The molecule has 0 atom stereocenters. The van der Waals surface area contributed by atoms with Crippen molar-refractivity contribution in [3.8, 4) is 12.3 Å². The van der Waals surface area contributed by atoms with Crippen molar-refractivity contribution in [1.29, 1.82) is 0 Å². The smallest absolute Gasteiger partial charge is 0.264 e. The van der Waals surface area contributed by atoms with Crippen LogP contribution in [0.1, 0.15) is 5.56 Å². The second kappa shape index (κ2) is 2.76. The molecule has 0 fully saturated rings. The van der Waals surface area contributed by atoms with Crippen LogP contribution in [0.25, 0.3) is 10.9 Å². The van der Waals surface area contributed by atoms with Crippen LogP contribution in [0.15, 0.2) is 29.3 Å². The van der Waals surface area contributed by atoms with Gasteiger partial charge in [-0.05, 0) is 12.1 Å². The molecule has 2 rings (SSSR count). The number of pyridine rings is 2. The van der Waals surface area contributed by atoms with Crippen LogP contribution in [-0.4, -0.2) is 9.97 Å². The Bertz CT molecular complexity index is 549. The van der Waals surface area contributed by atoms with Crippen molar-refractivity contribution in [2.45, 2.75) is 0 Å². The minimum absolute atomic E-state index is 0.247. The third kappa shape index (κ3) is 1.18. The molecule has 3 heteroatoms. The number of aromatic nitrogens is 2. The first-order valence-electron chi connectivity index (χ1n) is 3.75. The zero-order valence-electron chi connectivity index (χ0n) is 6.74. The maximum absolute atomic E-state index is 11.2. The van der Waals surface area contributed by atoms with Crippen LogP contribution in [0, 0.1) is 12.3 Å². The van der Waals surface area contributed by atoms with Gasteiger partial charge >= 0.3 is 0 Å². The van der Waals surface area contributed by atoms with Crippen molar-refractivity contribution in [1.82, 2.24) is 9.97 Å². The summed E-state index contributed by atoms with van der Waals surface area (Å²) in [4.78, 5) is 17.8. The Morgan fingerprint density at radius 3 is 3.15 bits per heavy atom. The van der Waals surface area contributed by atoms with Crippen molar-refractivity contribution < 1.29 is 0 Å². The van der Waals surface area contributed by atoms with Gasteiger partial charge in [-0.1, -0.05) is 5.92 Å². The number of nitrogens with one attached hydrogen (secondary N) is 1. The summed E-state index contributed by atoms with van der Waals surface area (Å²) in [6.07, 6.45) is 8.40. The van der Waals surface area contributed by atoms with Crippen LogP contribution in [-0.2, 0) is 0 Å². The van der Waals surface area contributed by atoms with E-state index in [0.717, 1.165) is 5.39 Å². The summed E-state index contributed by atoms with van der Waals surface area (Å²) in [5.41, 5.74) is 0.799. The molecule has 3 nitrogen and oxygen atoms in total. The lowest BCUT2D eigenvalue weighted by molar-refractivity contribution is 1.25. The van der Waals surface area contributed by atoms with Crippen LogP contribution in [0.5, 0.6) is 0 Å². The Labute approximate surface area is 74.4 Å². The van der Waals surface area contributed by atoms with Gasteiger partial charge in [-0.3, -0.25) is 9.78 Å². The highest BCUT2D eigenvalue weighted by atomic mass is 16.1. The van der Waals surface area contributed by atoms with Crippen LogP contribution in [0.3, 0.4) is 0 Å². The summed E-state index contributed by atoms with van der Waals surface area (Å²) in [5, 5.41) is 0.891. The van der Waals surface area contributed by atoms with Gasteiger partial charge in [0.15, 0.2) is 0 Å². The molecule has 13 heavy (non-hydrogen) atoms. The van der Waals surface area contributed by atoms with E-state index >= 15 is 0 Å². The van der Waals surface area contributed by atoms with Gasteiger partial charge in [-0.25, -0.2) is 0 Å². The number of fused-ring (bicyclic) bond motifs is 1. The Hall–Kier alpha value is -2.08. The molecule has 2 aromatic heterocycles. The minimum Gasteiger partial charge on any atom is -0.320 e. The number of aromatic amines is 1. The lowest BCUT2D eigenvalue weighted by Gasteiger charge is -1.96. The molecule has 0 aliphatic rings. The fourth-order valence-corrected chi connectivity index (χ4v) is 1.15. The summed E-state index contributed by atoms with van der Waals surface area (Å²) in [6.45, 7) is 0. The molecule has 0 aliphatic carbocycles. The van der Waals surface area contributed by atoms with Crippen LogP contribution in [0.2, 0.25) is 0 Å². The maximum atomic E-state index is 11.2. The quantitative estimate of drug-likeness (QED) is 0.597. The van der Waals surface area contributed by atoms with Gasteiger partial charge in [-0.15, -0.1) is 6.42 Å². The Morgan fingerprint density at radius 2 is 2.38 bits per heavy atom. The predicted octanol–water partition coefficient (Wildman–Crippen LogP) is 0.904. The third-order valence-corrected chi connectivity index (χ3v) is 1.80. The fraction of sp³-hybridized carbons (Fsp3) is 0. The average molecular weight is 170 g/mol. The first-order chi connectivity index (χ1) is 6.31. The van der Waals surface area contributed by atoms with E-state index in [1.807, 2.05) is 0 Å².